The average Bonchev–Trinajstić information content (AvgIpc) is 3.04. The number of carbonyl (C=O) groups excluding carboxylic acids is 1. The molecule has 142 valence electrons. The fourth-order valence-corrected chi connectivity index (χ4v) is 3.04. The Morgan fingerprint density at radius 1 is 1.37 bits per heavy atom. The molecule has 27 heavy (non-hydrogen) atoms. The number of ether oxygens (including phenoxy) is 2. The normalized spacial score (nSPS) is 11.0. The maximum Gasteiger partial charge on any atom is 0.340 e. The molecule has 0 aliphatic carbocycles. The number of carbonyl (C=O) groups is 1. The number of benzene rings is 1. The van der Waals surface area contributed by atoms with Gasteiger partial charge >= 0.3 is 5.97 Å². The Balaban J connectivity index is 2.42. The molecule has 0 aliphatic rings. The van der Waals surface area contributed by atoms with E-state index in [4.69, 9.17) is 15.0 Å². The Bertz CT molecular complexity index is 854. The van der Waals surface area contributed by atoms with Gasteiger partial charge in [0.2, 0.25) is 0 Å². The summed E-state index contributed by atoms with van der Waals surface area (Å²) in [5.74, 6) is 0.960. The highest BCUT2D eigenvalue weighted by Gasteiger charge is 2.14. The molecule has 9 heteroatoms. The molecule has 1 heterocycles. The SMILES string of the molecule is CCOC(=O)/C(=C/c1cnc(SCC)n1Cc1ccc(OC)cc1)N=[N+]=[N-]. The number of imidazole rings is 1. The molecule has 0 saturated heterocycles. The first kappa shape index (κ1) is 20.4. The Kier molecular flexibility index (Phi) is 7.79. The first-order valence-corrected chi connectivity index (χ1v) is 9.36. The van der Waals surface area contributed by atoms with Gasteiger partial charge in [-0.1, -0.05) is 35.9 Å². The van der Waals surface area contributed by atoms with Gasteiger partial charge in [-0.3, -0.25) is 0 Å². The Morgan fingerprint density at radius 2 is 2.11 bits per heavy atom. The van der Waals surface area contributed by atoms with Crippen molar-refractivity contribution < 1.29 is 14.3 Å². The van der Waals surface area contributed by atoms with E-state index in [1.54, 1.807) is 32.0 Å². The van der Waals surface area contributed by atoms with Gasteiger partial charge < -0.3 is 14.0 Å². The van der Waals surface area contributed by atoms with Gasteiger partial charge in [0.25, 0.3) is 0 Å². The summed E-state index contributed by atoms with van der Waals surface area (Å²) in [7, 11) is 1.62. The summed E-state index contributed by atoms with van der Waals surface area (Å²) in [6.07, 6.45) is 3.14. The van der Waals surface area contributed by atoms with Crippen molar-refractivity contribution in [2.75, 3.05) is 19.5 Å². The van der Waals surface area contributed by atoms with Crippen molar-refractivity contribution in [3.05, 3.63) is 57.9 Å². The maximum absolute atomic E-state index is 12.0. The number of rotatable bonds is 9. The second-order valence-corrected chi connectivity index (χ2v) is 6.50. The van der Waals surface area contributed by atoms with Crippen molar-refractivity contribution in [2.45, 2.75) is 25.5 Å². The number of methoxy groups -OCH3 is 1. The minimum Gasteiger partial charge on any atom is -0.497 e. The molecule has 1 aromatic heterocycles. The van der Waals surface area contributed by atoms with E-state index < -0.39 is 5.97 Å². The van der Waals surface area contributed by atoms with Crippen LogP contribution in [0.2, 0.25) is 0 Å². The quantitative estimate of drug-likeness (QED) is 0.160. The number of aromatic nitrogens is 2. The van der Waals surface area contributed by atoms with Gasteiger partial charge in [-0.2, -0.15) is 0 Å². The van der Waals surface area contributed by atoms with Gasteiger partial charge in [0.1, 0.15) is 11.4 Å². The molecule has 0 N–H and O–H groups in total. The van der Waals surface area contributed by atoms with Crippen LogP contribution in [0.1, 0.15) is 25.1 Å². The maximum atomic E-state index is 12.0. The molecule has 8 nitrogen and oxygen atoms in total. The molecule has 0 fully saturated rings. The molecule has 0 unspecified atom stereocenters. The number of hydrogen-bond acceptors (Lipinski definition) is 6. The first-order chi connectivity index (χ1) is 13.1. The van der Waals surface area contributed by atoms with Crippen molar-refractivity contribution in [3.8, 4) is 5.75 Å². The van der Waals surface area contributed by atoms with Gasteiger partial charge in [-0.25, -0.2) is 9.78 Å². The van der Waals surface area contributed by atoms with Crippen LogP contribution in [-0.4, -0.2) is 35.0 Å². The molecule has 0 bridgehead atoms. The van der Waals surface area contributed by atoms with Gasteiger partial charge in [0.05, 0.1) is 32.2 Å². The number of azide groups is 1. The summed E-state index contributed by atoms with van der Waals surface area (Å²) in [5, 5.41) is 4.28. The fraction of sp³-hybridized carbons (Fsp3) is 0.333. The van der Waals surface area contributed by atoms with Gasteiger partial charge in [-0.05, 0) is 42.0 Å². The lowest BCUT2D eigenvalue weighted by atomic mass is 10.2. The Hall–Kier alpha value is -2.90. The molecule has 0 atom stereocenters. The van der Waals surface area contributed by atoms with E-state index in [1.165, 1.54) is 6.08 Å². The lowest BCUT2D eigenvalue weighted by molar-refractivity contribution is -0.138. The smallest absolute Gasteiger partial charge is 0.340 e. The van der Waals surface area contributed by atoms with Crippen LogP contribution in [0.15, 0.2) is 46.4 Å². The van der Waals surface area contributed by atoms with Crippen molar-refractivity contribution in [1.82, 2.24) is 9.55 Å². The zero-order valence-corrected chi connectivity index (χ0v) is 16.3. The van der Waals surface area contributed by atoms with E-state index in [1.807, 2.05) is 35.8 Å². The molecular formula is C18H21N5O3S. The predicted octanol–water partition coefficient (Wildman–Crippen LogP) is 4.27. The van der Waals surface area contributed by atoms with Crippen LogP contribution in [-0.2, 0) is 16.1 Å². The Morgan fingerprint density at radius 3 is 2.70 bits per heavy atom. The molecular weight excluding hydrogens is 366 g/mol. The highest BCUT2D eigenvalue weighted by Crippen LogP contribution is 2.23. The lowest BCUT2D eigenvalue weighted by Crippen LogP contribution is -2.08. The molecule has 1 aromatic carbocycles. The minimum absolute atomic E-state index is 0.108. The fourth-order valence-electron chi connectivity index (χ4n) is 2.32. The van der Waals surface area contributed by atoms with E-state index in [0.29, 0.717) is 12.2 Å². The second kappa shape index (κ2) is 10.3. The van der Waals surface area contributed by atoms with Crippen LogP contribution < -0.4 is 4.74 Å². The van der Waals surface area contributed by atoms with Crippen LogP contribution in [0.25, 0.3) is 16.5 Å². The molecule has 0 spiro atoms. The predicted molar refractivity (Wildman–Crippen MR) is 104 cm³/mol. The van der Waals surface area contributed by atoms with Crippen LogP contribution in [0, 0.1) is 0 Å². The first-order valence-electron chi connectivity index (χ1n) is 8.38. The van der Waals surface area contributed by atoms with E-state index in [9.17, 15) is 4.79 Å². The molecule has 2 rings (SSSR count). The topological polar surface area (TPSA) is 102 Å². The monoisotopic (exact) mass is 387 g/mol. The summed E-state index contributed by atoms with van der Waals surface area (Å²) in [6, 6.07) is 7.70. The van der Waals surface area contributed by atoms with Gasteiger partial charge in [0.15, 0.2) is 5.16 Å². The van der Waals surface area contributed by atoms with Crippen molar-refractivity contribution >= 4 is 23.8 Å². The van der Waals surface area contributed by atoms with Crippen molar-refractivity contribution in [3.63, 3.8) is 0 Å². The molecule has 0 radical (unpaired) electrons. The summed E-state index contributed by atoms with van der Waals surface area (Å²) < 4.78 is 12.1. The summed E-state index contributed by atoms with van der Waals surface area (Å²) >= 11 is 1.59. The Labute approximate surface area is 161 Å². The third-order valence-corrected chi connectivity index (χ3v) is 4.42. The molecule has 0 aliphatic heterocycles. The largest absolute Gasteiger partial charge is 0.497 e. The summed E-state index contributed by atoms with van der Waals surface area (Å²) in [4.78, 5) is 19.1. The second-order valence-electron chi connectivity index (χ2n) is 5.27. The van der Waals surface area contributed by atoms with Crippen molar-refractivity contribution in [2.24, 2.45) is 5.11 Å². The third-order valence-electron chi connectivity index (χ3n) is 3.54. The number of nitrogens with zero attached hydrogens (tertiary/aromatic N) is 5. The zero-order valence-electron chi connectivity index (χ0n) is 15.5. The number of hydrogen-bond donors (Lipinski definition) is 0. The lowest BCUT2D eigenvalue weighted by Gasteiger charge is -2.11. The molecule has 0 saturated carbocycles. The minimum atomic E-state index is -0.669. The van der Waals surface area contributed by atoms with Crippen molar-refractivity contribution in [1.29, 1.82) is 0 Å². The zero-order chi connectivity index (χ0) is 19.6. The van der Waals surface area contributed by atoms with Gasteiger partial charge in [0, 0.05) is 4.91 Å². The number of esters is 1. The molecule has 2 aromatic rings. The summed E-state index contributed by atoms with van der Waals surface area (Å²) in [6.45, 7) is 4.47. The number of thioether (sulfide) groups is 1. The van der Waals surface area contributed by atoms with Crippen LogP contribution in [0.4, 0.5) is 0 Å². The van der Waals surface area contributed by atoms with Crippen LogP contribution in [0.3, 0.4) is 0 Å². The van der Waals surface area contributed by atoms with Crippen LogP contribution in [0.5, 0.6) is 5.75 Å². The third kappa shape index (κ3) is 5.54. The molecule has 0 amide bonds. The highest BCUT2D eigenvalue weighted by atomic mass is 32.2. The van der Waals surface area contributed by atoms with E-state index in [0.717, 1.165) is 22.2 Å². The van der Waals surface area contributed by atoms with E-state index in [-0.39, 0.29) is 12.3 Å². The van der Waals surface area contributed by atoms with Gasteiger partial charge in [-0.15, -0.1) is 0 Å². The highest BCUT2D eigenvalue weighted by molar-refractivity contribution is 7.99. The van der Waals surface area contributed by atoms with E-state index >= 15 is 0 Å². The summed E-state index contributed by atoms with van der Waals surface area (Å²) in [5.41, 5.74) is 10.3. The van der Waals surface area contributed by atoms with Crippen LogP contribution >= 0.6 is 11.8 Å². The standard InChI is InChI=1S/C18H21N5O3S/c1-4-26-17(24)16(21-22-19)10-14-11-20-18(27-5-2)23(14)12-13-6-8-15(25-3)9-7-13/h6-11H,4-5,12H2,1-3H3/b16-10-. The van der Waals surface area contributed by atoms with E-state index in [2.05, 4.69) is 15.0 Å². The average molecular weight is 387 g/mol.